The molecule has 0 unspecified atom stereocenters. The summed E-state index contributed by atoms with van der Waals surface area (Å²) in [6.45, 7) is 1.67. The van der Waals surface area contributed by atoms with Gasteiger partial charge in [-0.25, -0.2) is 4.39 Å². The smallest absolute Gasteiger partial charge is 0.406 e. The normalized spacial score (nSPS) is 11.1. The third-order valence-electron chi connectivity index (χ3n) is 4.07. The zero-order valence-corrected chi connectivity index (χ0v) is 18.0. The summed E-state index contributed by atoms with van der Waals surface area (Å²) in [5.41, 5.74) is 0.911. The van der Waals surface area contributed by atoms with Gasteiger partial charge in [0.25, 0.3) is 0 Å². The number of aromatic amines is 2. The van der Waals surface area contributed by atoms with Gasteiger partial charge < -0.3 is 19.7 Å². The van der Waals surface area contributed by atoms with Gasteiger partial charge in [-0.2, -0.15) is 0 Å². The largest absolute Gasteiger partial charge is 0.573 e. The van der Waals surface area contributed by atoms with Crippen LogP contribution in [0.4, 0.5) is 23.2 Å². The Balaban J connectivity index is 1.82. The van der Waals surface area contributed by atoms with Crippen LogP contribution in [-0.4, -0.2) is 22.3 Å². The van der Waals surface area contributed by atoms with Crippen molar-refractivity contribution in [3.8, 4) is 5.75 Å². The van der Waals surface area contributed by atoms with Crippen molar-refractivity contribution in [3.05, 3.63) is 88.5 Å². The molecule has 0 bridgehead atoms. The van der Waals surface area contributed by atoms with Gasteiger partial charge >= 0.3 is 6.36 Å². The SMILES string of the molecule is Cc1cc(Cl)c[nH][nH]cc1C(=O)c1cc(NSc2cccc(OC(F)(F)F)c2)ccc1F. The molecular formula is C21H16ClF4N3O2S. The lowest BCUT2D eigenvalue weighted by Crippen LogP contribution is -2.17. The first kappa shape index (κ1) is 23.6. The molecule has 3 rings (SSSR count). The van der Waals surface area contributed by atoms with Gasteiger partial charge in [0, 0.05) is 28.5 Å². The fourth-order valence-electron chi connectivity index (χ4n) is 2.67. The molecule has 5 nitrogen and oxygen atoms in total. The highest BCUT2D eigenvalue weighted by molar-refractivity contribution is 8.00. The number of halogens is 5. The van der Waals surface area contributed by atoms with Crippen LogP contribution in [0.5, 0.6) is 5.75 Å². The predicted molar refractivity (Wildman–Crippen MR) is 115 cm³/mol. The molecule has 0 fully saturated rings. The van der Waals surface area contributed by atoms with Gasteiger partial charge in [-0.3, -0.25) is 4.79 Å². The Labute approximate surface area is 189 Å². The summed E-state index contributed by atoms with van der Waals surface area (Å²) in [6.07, 6.45) is -1.92. The molecule has 0 spiro atoms. The number of carbonyl (C=O) groups excluding carboxylic acids is 1. The molecule has 11 heteroatoms. The van der Waals surface area contributed by atoms with Gasteiger partial charge in [0.15, 0.2) is 5.78 Å². The lowest BCUT2D eigenvalue weighted by Gasteiger charge is -2.11. The number of rotatable bonds is 6. The minimum absolute atomic E-state index is 0.189. The second-order valence-electron chi connectivity index (χ2n) is 6.45. The topological polar surface area (TPSA) is 69.9 Å². The summed E-state index contributed by atoms with van der Waals surface area (Å²) in [5, 5.41) is 5.70. The lowest BCUT2D eigenvalue weighted by molar-refractivity contribution is -0.274. The first-order valence-corrected chi connectivity index (χ1v) is 10.2. The summed E-state index contributed by atoms with van der Waals surface area (Å²) < 4.78 is 58.4. The first-order chi connectivity index (χ1) is 15.1. The number of H-pyrrole nitrogens is 2. The number of carbonyl (C=O) groups is 1. The fraction of sp³-hybridized carbons (Fsp3) is 0.0952. The molecule has 3 N–H and O–H groups in total. The molecule has 0 aliphatic carbocycles. The fourth-order valence-corrected chi connectivity index (χ4v) is 3.57. The van der Waals surface area contributed by atoms with Crippen molar-refractivity contribution in [2.24, 2.45) is 0 Å². The minimum Gasteiger partial charge on any atom is -0.406 e. The molecule has 2 aromatic carbocycles. The second kappa shape index (κ2) is 10.0. The van der Waals surface area contributed by atoms with Crippen LogP contribution in [-0.2, 0) is 0 Å². The molecule has 1 aromatic heterocycles. The standard InChI is InChI=1S/C21H16ClF4N3O2S/c1-12-7-13(22)10-27-28-11-18(12)20(30)17-8-14(5-6-19(17)23)29-32-16-4-2-3-15(9-16)31-21(24,25)26/h2-11,27-29H,1H3. The quantitative estimate of drug-likeness (QED) is 0.203. The van der Waals surface area contributed by atoms with Crippen LogP contribution in [0, 0.1) is 12.7 Å². The van der Waals surface area contributed by atoms with Gasteiger partial charge in [0.05, 0.1) is 10.6 Å². The van der Waals surface area contributed by atoms with E-state index in [1.807, 2.05) is 0 Å². The maximum atomic E-state index is 14.4. The number of ether oxygens (including phenoxy) is 1. The Kier molecular flexibility index (Phi) is 7.37. The zero-order chi connectivity index (χ0) is 23.3. The average molecular weight is 486 g/mol. The van der Waals surface area contributed by atoms with E-state index < -0.39 is 18.0 Å². The zero-order valence-electron chi connectivity index (χ0n) is 16.4. The van der Waals surface area contributed by atoms with Gasteiger partial charge in [0.2, 0.25) is 0 Å². The summed E-state index contributed by atoms with van der Waals surface area (Å²) in [4.78, 5) is 13.4. The van der Waals surface area contributed by atoms with E-state index in [0.717, 1.165) is 18.0 Å². The summed E-state index contributed by atoms with van der Waals surface area (Å²) in [5.74, 6) is -1.67. The van der Waals surface area contributed by atoms with E-state index in [1.54, 1.807) is 19.1 Å². The first-order valence-electron chi connectivity index (χ1n) is 9.01. The van der Waals surface area contributed by atoms with E-state index in [0.29, 0.717) is 21.2 Å². The van der Waals surface area contributed by atoms with Gasteiger partial charge in [-0.05, 0) is 66.9 Å². The Morgan fingerprint density at radius 2 is 1.81 bits per heavy atom. The van der Waals surface area contributed by atoms with Crippen molar-refractivity contribution in [3.63, 3.8) is 0 Å². The number of alkyl halides is 3. The Morgan fingerprint density at radius 1 is 1.06 bits per heavy atom. The van der Waals surface area contributed by atoms with E-state index in [4.69, 9.17) is 11.6 Å². The minimum atomic E-state index is -4.80. The average Bonchev–Trinajstić information content (AvgIpc) is 2.70. The molecule has 0 saturated carbocycles. The van der Waals surface area contributed by atoms with E-state index in [2.05, 4.69) is 19.7 Å². The second-order valence-corrected chi connectivity index (χ2v) is 7.77. The number of aryl methyl sites for hydroxylation is 1. The van der Waals surface area contributed by atoms with Crippen molar-refractivity contribution in [1.29, 1.82) is 0 Å². The van der Waals surface area contributed by atoms with E-state index in [-0.39, 0.29) is 16.9 Å². The Bertz CT molecular complexity index is 1180. The number of nitrogens with one attached hydrogen (secondary N) is 3. The monoisotopic (exact) mass is 485 g/mol. The Morgan fingerprint density at radius 3 is 2.56 bits per heavy atom. The third kappa shape index (κ3) is 6.44. The van der Waals surface area contributed by atoms with Gasteiger partial charge in [-0.1, -0.05) is 17.7 Å². The lowest BCUT2D eigenvalue weighted by atomic mass is 10.0. The van der Waals surface area contributed by atoms with Crippen LogP contribution >= 0.6 is 23.5 Å². The number of hydrogen-bond donors (Lipinski definition) is 3. The van der Waals surface area contributed by atoms with Crippen LogP contribution in [0.15, 0.2) is 65.8 Å². The maximum absolute atomic E-state index is 14.4. The van der Waals surface area contributed by atoms with Crippen molar-refractivity contribution >= 4 is 35.0 Å². The number of anilines is 1. The summed E-state index contributed by atoms with van der Waals surface area (Å²) >= 11 is 6.97. The van der Waals surface area contributed by atoms with Gasteiger partial charge in [-0.15, -0.1) is 13.2 Å². The van der Waals surface area contributed by atoms with Crippen molar-refractivity contribution < 1.29 is 27.1 Å². The predicted octanol–water partition coefficient (Wildman–Crippen LogP) is 6.82. The van der Waals surface area contributed by atoms with E-state index in [1.165, 1.54) is 42.7 Å². The molecule has 0 amide bonds. The molecule has 0 aliphatic heterocycles. The summed E-state index contributed by atoms with van der Waals surface area (Å²) in [6, 6.07) is 10.8. The molecule has 3 aromatic rings. The van der Waals surface area contributed by atoms with Crippen molar-refractivity contribution in [2.45, 2.75) is 18.2 Å². The number of benzene rings is 2. The van der Waals surface area contributed by atoms with Crippen LogP contribution in [0.1, 0.15) is 21.5 Å². The highest BCUT2D eigenvalue weighted by Crippen LogP contribution is 2.29. The molecule has 0 radical (unpaired) electrons. The molecule has 168 valence electrons. The number of ketones is 1. The van der Waals surface area contributed by atoms with Crippen LogP contribution < -0.4 is 9.46 Å². The number of aromatic nitrogens is 2. The maximum Gasteiger partial charge on any atom is 0.573 e. The van der Waals surface area contributed by atoms with Crippen LogP contribution in [0.25, 0.3) is 0 Å². The molecular weight excluding hydrogens is 470 g/mol. The van der Waals surface area contributed by atoms with Gasteiger partial charge in [0.1, 0.15) is 11.6 Å². The molecule has 0 atom stereocenters. The molecule has 32 heavy (non-hydrogen) atoms. The van der Waals surface area contributed by atoms with Crippen molar-refractivity contribution in [1.82, 2.24) is 10.2 Å². The molecule has 1 heterocycles. The number of hydrogen-bond acceptors (Lipinski definition) is 4. The Hall–Kier alpha value is -3.11. The third-order valence-corrected chi connectivity index (χ3v) is 5.12. The highest BCUT2D eigenvalue weighted by atomic mass is 35.5. The van der Waals surface area contributed by atoms with E-state index in [9.17, 15) is 22.4 Å². The molecule has 0 saturated heterocycles. The van der Waals surface area contributed by atoms with Crippen LogP contribution in [0.2, 0.25) is 5.02 Å². The molecule has 0 aliphatic rings. The van der Waals surface area contributed by atoms with Crippen molar-refractivity contribution in [2.75, 3.05) is 4.72 Å². The highest BCUT2D eigenvalue weighted by Gasteiger charge is 2.31. The van der Waals surface area contributed by atoms with E-state index >= 15 is 0 Å². The summed E-state index contributed by atoms with van der Waals surface area (Å²) in [7, 11) is 0. The van der Waals surface area contributed by atoms with Crippen LogP contribution in [0.3, 0.4) is 0 Å².